The fourth-order valence-corrected chi connectivity index (χ4v) is 1.13. The van der Waals surface area contributed by atoms with E-state index in [0.29, 0.717) is 3.58 Å². The Morgan fingerprint density at radius 1 is 1.33 bits per heavy atom. The van der Waals surface area contributed by atoms with Crippen LogP contribution in [-0.4, -0.2) is 5.91 Å². The van der Waals surface area contributed by atoms with E-state index < -0.39 is 0 Å². The van der Waals surface area contributed by atoms with E-state index in [9.17, 15) is 4.79 Å². The van der Waals surface area contributed by atoms with Crippen LogP contribution >= 0.6 is 22.6 Å². The van der Waals surface area contributed by atoms with E-state index in [1.165, 1.54) is 0 Å². The van der Waals surface area contributed by atoms with Gasteiger partial charge in [-0.05, 0) is 34.2 Å². The second-order valence-electron chi connectivity index (χ2n) is 2.27. The normalized spacial score (nSPS) is 11.2. The van der Waals surface area contributed by atoms with Crippen LogP contribution in [-0.2, 0) is 4.79 Å². The number of hydrogen-bond donors (Lipinski definition) is 1. The van der Waals surface area contributed by atoms with E-state index in [0.717, 1.165) is 5.56 Å². The van der Waals surface area contributed by atoms with E-state index in [4.69, 9.17) is 5.73 Å². The summed E-state index contributed by atoms with van der Waals surface area (Å²) in [5, 5.41) is 0. The number of amides is 1. The molecule has 2 nitrogen and oxygen atoms in total. The minimum atomic E-state index is -0.389. The van der Waals surface area contributed by atoms with Gasteiger partial charge >= 0.3 is 0 Å². The van der Waals surface area contributed by atoms with Crippen molar-refractivity contribution in [2.75, 3.05) is 0 Å². The molecule has 0 saturated heterocycles. The van der Waals surface area contributed by atoms with Gasteiger partial charge in [-0.15, -0.1) is 0 Å². The SMILES string of the molecule is NC(=O)C(I)=Cc1ccccc1. The van der Waals surface area contributed by atoms with Crippen LogP contribution in [0.4, 0.5) is 0 Å². The van der Waals surface area contributed by atoms with Gasteiger partial charge in [-0.25, -0.2) is 0 Å². The largest absolute Gasteiger partial charge is 0.365 e. The summed E-state index contributed by atoms with van der Waals surface area (Å²) in [6.45, 7) is 0. The molecule has 0 fully saturated rings. The zero-order valence-electron chi connectivity index (χ0n) is 6.33. The van der Waals surface area contributed by atoms with E-state index in [1.807, 2.05) is 52.9 Å². The lowest BCUT2D eigenvalue weighted by Crippen LogP contribution is -2.09. The smallest absolute Gasteiger partial charge is 0.254 e. The highest BCUT2D eigenvalue weighted by molar-refractivity contribution is 14.1. The van der Waals surface area contributed by atoms with Gasteiger partial charge in [-0.3, -0.25) is 4.79 Å². The molecule has 0 aliphatic carbocycles. The van der Waals surface area contributed by atoms with E-state index >= 15 is 0 Å². The van der Waals surface area contributed by atoms with Crippen LogP contribution < -0.4 is 5.73 Å². The van der Waals surface area contributed by atoms with Crippen molar-refractivity contribution in [3.8, 4) is 0 Å². The summed E-state index contributed by atoms with van der Waals surface area (Å²) in [5.74, 6) is -0.389. The van der Waals surface area contributed by atoms with Crippen molar-refractivity contribution in [3.63, 3.8) is 0 Å². The lowest BCUT2D eigenvalue weighted by atomic mass is 10.2. The molecule has 0 aliphatic heterocycles. The highest BCUT2D eigenvalue weighted by atomic mass is 127. The summed E-state index contributed by atoms with van der Waals surface area (Å²) in [6, 6.07) is 9.59. The molecule has 0 aromatic heterocycles. The number of hydrogen-bond acceptors (Lipinski definition) is 1. The van der Waals surface area contributed by atoms with E-state index in [2.05, 4.69) is 0 Å². The molecule has 12 heavy (non-hydrogen) atoms. The molecule has 1 aromatic carbocycles. The van der Waals surface area contributed by atoms with Crippen molar-refractivity contribution in [1.29, 1.82) is 0 Å². The number of nitrogens with two attached hydrogens (primary N) is 1. The van der Waals surface area contributed by atoms with Gasteiger partial charge in [0.2, 0.25) is 0 Å². The number of rotatable bonds is 2. The summed E-state index contributed by atoms with van der Waals surface area (Å²) in [4.78, 5) is 10.7. The first kappa shape index (κ1) is 9.25. The monoisotopic (exact) mass is 273 g/mol. The predicted octanol–water partition coefficient (Wildman–Crippen LogP) is 1.95. The summed E-state index contributed by atoms with van der Waals surface area (Å²) in [6.07, 6.45) is 1.75. The van der Waals surface area contributed by atoms with Crippen LogP contribution in [0, 0.1) is 0 Å². The Hall–Kier alpha value is -0.840. The molecule has 0 radical (unpaired) electrons. The van der Waals surface area contributed by atoms with Gasteiger partial charge in [0, 0.05) is 0 Å². The van der Waals surface area contributed by atoms with Gasteiger partial charge in [0.15, 0.2) is 0 Å². The molecule has 0 atom stereocenters. The van der Waals surface area contributed by atoms with Gasteiger partial charge in [0.25, 0.3) is 5.91 Å². The standard InChI is InChI=1S/C9H8INO/c10-8(9(11)12)6-7-4-2-1-3-5-7/h1-6H,(H2,11,12). The molecule has 0 bridgehead atoms. The minimum Gasteiger partial charge on any atom is -0.365 e. The molecule has 2 N–H and O–H groups in total. The highest BCUT2D eigenvalue weighted by Gasteiger charge is 1.97. The molecule has 1 aromatic rings. The molecule has 0 unspecified atom stereocenters. The maximum Gasteiger partial charge on any atom is 0.254 e. The molecule has 1 amide bonds. The van der Waals surface area contributed by atoms with Crippen LogP contribution in [0.5, 0.6) is 0 Å². The fourth-order valence-electron chi connectivity index (χ4n) is 0.767. The summed E-state index contributed by atoms with van der Waals surface area (Å²) >= 11 is 1.92. The zero-order chi connectivity index (χ0) is 8.97. The maximum atomic E-state index is 10.7. The highest BCUT2D eigenvalue weighted by Crippen LogP contribution is 2.11. The van der Waals surface area contributed by atoms with Gasteiger partial charge < -0.3 is 5.73 Å². The average molecular weight is 273 g/mol. The van der Waals surface area contributed by atoms with Gasteiger partial charge in [-0.1, -0.05) is 30.3 Å². The summed E-state index contributed by atoms with van der Waals surface area (Å²) in [5.41, 5.74) is 6.06. The Balaban J connectivity index is 2.89. The van der Waals surface area contributed by atoms with Crippen LogP contribution in [0.2, 0.25) is 0 Å². The second kappa shape index (κ2) is 4.25. The fraction of sp³-hybridized carbons (Fsp3) is 0. The third-order valence-electron chi connectivity index (χ3n) is 1.33. The summed E-state index contributed by atoms with van der Waals surface area (Å²) < 4.78 is 0.541. The molecule has 3 heteroatoms. The Labute approximate surface area is 84.6 Å². The van der Waals surface area contributed by atoms with Crippen LogP contribution in [0.15, 0.2) is 33.9 Å². The van der Waals surface area contributed by atoms with Crippen molar-refractivity contribution in [1.82, 2.24) is 0 Å². The minimum absolute atomic E-state index is 0.389. The zero-order valence-corrected chi connectivity index (χ0v) is 8.49. The first-order chi connectivity index (χ1) is 5.70. The maximum absolute atomic E-state index is 10.7. The third-order valence-corrected chi connectivity index (χ3v) is 2.17. The van der Waals surface area contributed by atoms with Crippen molar-refractivity contribution in [3.05, 3.63) is 39.5 Å². The molecular formula is C9H8INO. The molecule has 0 spiro atoms. The lowest BCUT2D eigenvalue weighted by molar-refractivity contribution is -0.113. The van der Waals surface area contributed by atoms with E-state index in [1.54, 1.807) is 6.08 Å². The molecule has 0 saturated carbocycles. The number of carbonyl (C=O) groups excluding carboxylic acids is 1. The van der Waals surface area contributed by atoms with Crippen molar-refractivity contribution in [2.45, 2.75) is 0 Å². The third kappa shape index (κ3) is 2.65. The van der Waals surface area contributed by atoms with Crippen molar-refractivity contribution >= 4 is 34.6 Å². The first-order valence-electron chi connectivity index (χ1n) is 3.42. The number of primary amides is 1. The quantitative estimate of drug-likeness (QED) is 0.649. The second-order valence-corrected chi connectivity index (χ2v) is 3.43. The Bertz CT molecular complexity index is 306. The Morgan fingerprint density at radius 3 is 2.42 bits per heavy atom. The van der Waals surface area contributed by atoms with Crippen molar-refractivity contribution < 1.29 is 4.79 Å². The lowest BCUT2D eigenvalue weighted by Gasteiger charge is -1.93. The molecule has 0 heterocycles. The van der Waals surface area contributed by atoms with Crippen LogP contribution in [0.3, 0.4) is 0 Å². The first-order valence-corrected chi connectivity index (χ1v) is 4.50. The van der Waals surface area contributed by atoms with E-state index in [-0.39, 0.29) is 5.91 Å². The predicted molar refractivity (Wildman–Crippen MR) is 57.6 cm³/mol. The Kier molecular flexibility index (Phi) is 3.28. The summed E-state index contributed by atoms with van der Waals surface area (Å²) in [7, 11) is 0. The topological polar surface area (TPSA) is 43.1 Å². The van der Waals surface area contributed by atoms with Crippen LogP contribution in [0.1, 0.15) is 5.56 Å². The molecule has 1 rings (SSSR count). The van der Waals surface area contributed by atoms with Gasteiger partial charge in [-0.2, -0.15) is 0 Å². The number of halogens is 1. The molecule has 0 aliphatic rings. The number of carbonyl (C=O) groups is 1. The number of benzene rings is 1. The van der Waals surface area contributed by atoms with Crippen molar-refractivity contribution in [2.24, 2.45) is 5.73 Å². The Morgan fingerprint density at radius 2 is 1.92 bits per heavy atom. The molecule has 62 valence electrons. The van der Waals surface area contributed by atoms with Gasteiger partial charge in [0.1, 0.15) is 0 Å². The average Bonchev–Trinajstić information content (AvgIpc) is 2.06. The van der Waals surface area contributed by atoms with Crippen LogP contribution in [0.25, 0.3) is 6.08 Å². The molecular weight excluding hydrogens is 265 g/mol. The van der Waals surface area contributed by atoms with Gasteiger partial charge in [0.05, 0.1) is 3.58 Å².